The Kier molecular flexibility index (Phi) is 8.36. The van der Waals surface area contributed by atoms with Crippen molar-refractivity contribution in [2.24, 2.45) is 0 Å². The Labute approximate surface area is 389 Å². The molecule has 0 unspecified atom stereocenters. The van der Waals surface area contributed by atoms with Crippen LogP contribution in [0.3, 0.4) is 0 Å². The molecule has 0 saturated carbocycles. The van der Waals surface area contributed by atoms with Gasteiger partial charge in [0.25, 0.3) is 6.71 Å². The van der Waals surface area contributed by atoms with E-state index in [0.717, 1.165) is 0 Å². The van der Waals surface area contributed by atoms with Crippen LogP contribution in [0.25, 0.3) is 30.3 Å². The van der Waals surface area contributed by atoms with Gasteiger partial charge >= 0.3 is 0 Å². The van der Waals surface area contributed by atoms with Crippen LogP contribution >= 0.6 is 22.7 Å². The third-order valence-corrected chi connectivity index (χ3v) is 18.7. The molecule has 8 aromatic rings. The van der Waals surface area contributed by atoms with Crippen molar-refractivity contribution in [2.75, 3.05) is 9.80 Å². The number of aryl methyl sites for hydroxylation is 1. The third kappa shape index (κ3) is 5.68. The molecule has 2 aliphatic heterocycles. The van der Waals surface area contributed by atoms with Crippen LogP contribution in [0.2, 0.25) is 0 Å². The standard InChI is InChI=1S/C59H61BN2S2/c1-34-28-46-52-47(29-34)62(45-17-15-19-49-51(45)37-16-13-14-18-48(37)63-49)44-23-20-35(55(2,3)4)30-43(44)60(52)54-53(38-32-41-42(33-50(38)64-54)59(11,12)27-26-58(41,9)10)61(46)36-21-22-39-40(31-36)57(7,8)25-24-56(39,5)6/h13-23,28-33H,24-27H2,1-12H3. The third-order valence-electron chi connectivity index (χ3n) is 16.4. The van der Waals surface area contributed by atoms with Crippen LogP contribution in [0, 0.1) is 6.92 Å². The Bertz CT molecular complexity index is 3310. The molecule has 0 radical (unpaired) electrons. The lowest BCUT2D eigenvalue weighted by molar-refractivity contribution is 0.332. The molecule has 0 bridgehead atoms. The van der Waals surface area contributed by atoms with E-state index in [2.05, 4.69) is 207 Å². The minimum atomic E-state index is -0.0105. The van der Waals surface area contributed by atoms with E-state index in [0.29, 0.717) is 0 Å². The molecule has 2 nitrogen and oxygen atoms in total. The fraction of sp³-hybridized carbons (Fsp3) is 0.356. The highest BCUT2D eigenvalue weighted by molar-refractivity contribution is 7.33. The summed E-state index contributed by atoms with van der Waals surface area (Å²) < 4.78 is 5.55. The molecule has 0 amide bonds. The van der Waals surface area contributed by atoms with Crippen LogP contribution in [0.4, 0.5) is 34.1 Å². The summed E-state index contributed by atoms with van der Waals surface area (Å²) in [6.45, 7) is 29.3. The van der Waals surface area contributed by atoms with Gasteiger partial charge in [0.2, 0.25) is 0 Å². The summed E-state index contributed by atoms with van der Waals surface area (Å²) in [7, 11) is 0. The first-order valence-electron chi connectivity index (χ1n) is 23.8. The SMILES string of the molecule is Cc1cc2c3c(c1)N(c1cccc4sc5ccccc5c14)c1ccc(C(C)(C)C)cc1B3c1sc3cc4c(cc3c1N2c1ccc2c(c1)C(C)(C)CCC2(C)C)C(C)(C)CCC4(C)C. The lowest BCUT2D eigenvalue weighted by Crippen LogP contribution is -2.60. The minimum absolute atomic E-state index is 0.0105. The molecule has 322 valence electrons. The maximum Gasteiger partial charge on any atom is 0.264 e. The summed E-state index contributed by atoms with van der Waals surface area (Å²) in [4.78, 5) is 5.39. The Morgan fingerprint density at radius 2 is 1.14 bits per heavy atom. The van der Waals surface area contributed by atoms with Gasteiger partial charge in [-0.25, -0.2) is 0 Å². The van der Waals surface area contributed by atoms with E-state index in [4.69, 9.17) is 0 Å². The van der Waals surface area contributed by atoms with Gasteiger partial charge in [-0.1, -0.05) is 119 Å². The van der Waals surface area contributed by atoms with Crippen molar-refractivity contribution in [3.8, 4) is 0 Å². The first kappa shape index (κ1) is 40.7. The Morgan fingerprint density at radius 3 is 1.84 bits per heavy atom. The van der Waals surface area contributed by atoms with Crippen molar-refractivity contribution >= 4 is 109 Å². The predicted octanol–water partition coefficient (Wildman–Crippen LogP) is 15.7. The largest absolute Gasteiger partial charge is 0.311 e. The van der Waals surface area contributed by atoms with Crippen LogP contribution in [0.15, 0.2) is 103 Å². The highest BCUT2D eigenvalue weighted by Gasteiger charge is 2.48. The van der Waals surface area contributed by atoms with Crippen molar-refractivity contribution in [1.82, 2.24) is 0 Å². The highest BCUT2D eigenvalue weighted by Crippen LogP contribution is 2.55. The Morgan fingerprint density at radius 1 is 0.516 bits per heavy atom. The first-order chi connectivity index (χ1) is 30.2. The zero-order chi connectivity index (χ0) is 44.6. The summed E-state index contributed by atoms with van der Waals surface area (Å²) in [6, 6.07) is 41.3. The van der Waals surface area contributed by atoms with E-state index >= 15 is 0 Å². The van der Waals surface area contributed by atoms with Gasteiger partial charge in [0.05, 0.1) is 11.4 Å². The molecule has 4 heterocycles. The quantitative estimate of drug-likeness (QED) is 0.160. The van der Waals surface area contributed by atoms with Crippen LogP contribution < -0.4 is 25.5 Å². The molecule has 6 aromatic carbocycles. The number of rotatable bonds is 2. The van der Waals surface area contributed by atoms with Gasteiger partial charge in [0, 0.05) is 57.8 Å². The van der Waals surface area contributed by atoms with Gasteiger partial charge in [-0.15, -0.1) is 22.7 Å². The summed E-state index contributed by atoms with van der Waals surface area (Å²) in [5.41, 5.74) is 19.8. The van der Waals surface area contributed by atoms with E-state index in [1.54, 1.807) is 0 Å². The molecule has 0 fully saturated rings. The zero-order valence-corrected chi connectivity index (χ0v) is 41.6. The van der Waals surface area contributed by atoms with Crippen LogP contribution in [0.5, 0.6) is 0 Å². The molecule has 4 aliphatic rings. The molecule has 0 atom stereocenters. The second-order valence-corrected chi connectivity index (χ2v) is 25.7. The number of hydrogen-bond donors (Lipinski definition) is 0. The molecule has 0 N–H and O–H groups in total. The van der Waals surface area contributed by atoms with Gasteiger partial charge in [0.15, 0.2) is 0 Å². The van der Waals surface area contributed by atoms with Crippen molar-refractivity contribution in [3.05, 3.63) is 137 Å². The van der Waals surface area contributed by atoms with Gasteiger partial charge in [-0.05, 0) is 165 Å². The van der Waals surface area contributed by atoms with Gasteiger partial charge in [-0.2, -0.15) is 0 Å². The van der Waals surface area contributed by atoms with Crippen molar-refractivity contribution < 1.29 is 0 Å². The van der Waals surface area contributed by atoms with Gasteiger partial charge in [-0.3, -0.25) is 0 Å². The maximum atomic E-state index is 2.74. The van der Waals surface area contributed by atoms with E-state index < -0.39 is 0 Å². The molecule has 64 heavy (non-hydrogen) atoms. The lowest BCUT2D eigenvalue weighted by atomic mass is 9.36. The summed E-state index contributed by atoms with van der Waals surface area (Å²) in [5.74, 6) is 0. The average molecular weight is 873 g/mol. The molecular formula is C59H61BN2S2. The number of nitrogens with zero attached hydrogens (tertiary/aromatic N) is 2. The van der Waals surface area contributed by atoms with E-state index in [1.807, 2.05) is 11.3 Å². The number of benzene rings is 6. The average Bonchev–Trinajstić information content (AvgIpc) is 3.82. The molecule has 2 aromatic heterocycles. The van der Waals surface area contributed by atoms with Crippen molar-refractivity contribution in [3.63, 3.8) is 0 Å². The molecule has 0 saturated heterocycles. The number of thiophene rings is 2. The molecule has 5 heteroatoms. The Balaban J connectivity index is 1.22. The second-order valence-electron chi connectivity index (χ2n) is 23.6. The van der Waals surface area contributed by atoms with E-state index in [-0.39, 0.29) is 33.8 Å². The van der Waals surface area contributed by atoms with Crippen molar-refractivity contribution in [2.45, 2.75) is 136 Å². The van der Waals surface area contributed by atoms with Gasteiger partial charge in [0.1, 0.15) is 0 Å². The first-order valence-corrected chi connectivity index (χ1v) is 25.4. The maximum absolute atomic E-state index is 2.74. The number of anilines is 6. The highest BCUT2D eigenvalue weighted by atomic mass is 32.1. The Hall–Kier alpha value is -4.84. The van der Waals surface area contributed by atoms with Crippen LogP contribution in [-0.2, 0) is 27.1 Å². The molecule has 0 spiro atoms. The van der Waals surface area contributed by atoms with E-state index in [9.17, 15) is 0 Å². The van der Waals surface area contributed by atoms with Gasteiger partial charge < -0.3 is 9.80 Å². The van der Waals surface area contributed by atoms with E-state index in [1.165, 1.54) is 139 Å². The zero-order valence-electron chi connectivity index (χ0n) is 39.9. The number of hydrogen-bond acceptors (Lipinski definition) is 4. The van der Waals surface area contributed by atoms with Crippen LogP contribution in [0.1, 0.15) is 135 Å². The fourth-order valence-corrected chi connectivity index (χ4v) is 14.8. The fourth-order valence-electron chi connectivity index (χ4n) is 12.3. The van der Waals surface area contributed by atoms with Crippen molar-refractivity contribution in [1.29, 1.82) is 0 Å². The summed E-state index contributed by atoms with van der Waals surface area (Å²) in [5, 5.41) is 4.08. The molecule has 12 rings (SSSR count). The van der Waals surface area contributed by atoms with Crippen LogP contribution in [-0.4, -0.2) is 6.71 Å². The predicted molar refractivity (Wildman–Crippen MR) is 283 cm³/mol. The molecule has 2 aliphatic carbocycles. The monoisotopic (exact) mass is 872 g/mol. The minimum Gasteiger partial charge on any atom is -0.311 e. The summed E-state index contributed by atoms with van der Waals surface area (Å²) >= 11 is 3.97. The topological polar surface area (TPSA) is 6.48 Å². The summed E-state index contributed by atoms with van der Waals surface area (Å²) in [6.07, 6.45) is 4.80. The number of fused-ring (bicyclic) bond motifs is 11. The lowest BCUT2D eigenvalue weighted by Gasteiger charge is -2.45. The second kappa shape index (κ2) is 13.2. The normalized spacial score (nSPS) is 18.8. The molecular weight excluding hydrogens is 812 g/mol. The smallest absolute Gasteiger partial charge is 0.264 e.